The number of ether oxygens (including phenoxy) is 2. The summed E-state index contributed by atoms with van der Waals surface area (Å²) >= 11 is 6.07. The normalized spacial score (nSPS) is 14.3. The van der Waals surface area contributed by atoms with E-state index in [0.717, 1.165) is 36.8 Å². The van der Waals surface area contributed by atoms with Crippen LogP contribution in [0, 0.1) is 0 Å². The van der Waals surface area contributed by atoms with Crippen LogP contribution in [0.25, 0.3) is 0 Å². The van der Waals surface area contributed by atoms with Gasteiger partial charge in [-0.2, -0.15) is 0 Å². The molecule has 0 aliphatic heterocycles. The number of aryl methyl sites for hydroxylation is 1. The zero-order valence-corrected chi connectivity index (χ0v) is 22.5. The first-order valence-corrected chi connectivity index (χ1v) is 13.6. The summed E-state index contributed by atoms with van der Waals surface area (Å²) in [5.41, 5.74) is 1.93. The second-order valence-electron chi connectivity index (χ2n) is 9.21. The number of nitrogens with zero attached hydrogens (tertiary/aromatic N) is 1. The first-order valence-electron chi connectivity index (χ1n) is 13.2. The number of hydrogen-bond acceptors (Lipinski definition) is 4. The second kappa shape index (κ2) is 14.1. The monoisotopic (exact) mass is 514 g/mol. The van der Waals surface area contributed by atoms with Crippen LogP contribution in [0.2, 0.25) is 5.02 Å². The highest BCUT2D eigenvalue weighted by atomic mass is 35.5. The highest BCUT2D eigenvalue weighted by Gasteiger charge is 2.30. The minimum Gasteiger partial charge on any atom is -0.490 e. The predicted octanol–water partition coefficient (Wildman–Crippen LogP) is 5.94. The fraction of sp³-hybridized carbons (Fsp3) is 0.517. The van der Waals surface area contributed by atoms with Gasteiger partial charge < -0.3 is 19.7 Å². The number of amides is 2. The lowest BCUT2D eigenvalue weighted by Gasteiger charge is -2.31. The Morgan fingerprint density at radius 2 is 1.61 bits per heavy atom. The number of nitrogens with one attached hydrogen (secondary N) is 1. The van der Waals surface area contributed by atoms with Gasteiger partial charge in [0.25, 0.3) is 0 Å². The lowest BCUT2D eigenvalue weighted by molar-refractivity contribution is -0.141. The van der Waals surface area contributed by atoms with Crippen molar-refractivity contribution in [3.8, 4) is 11.5 Å². The molecule has 36 heavy (non-hydrogen) atoms. The molecule has 6 nitrogen and oxygen atoms in total. The number of benzene rings is 2. The summed E-state index contributed by atoms with van der Waals surface area (Å²) < 4.78 is 11.4. The Morgan fingerprint density at radius 1 is 0.972 bits per heavy atom. The Hall–Kier alpha value is -2.73. The van der Waals surface area contributed by atoms with Crippen molar-refractivity contribution >= 4 is 23.4 Å². The molecule has 0 saturated heterocycles. The number of carbonyl (C=O) groups excluding carboxylic acids is 2. The first kappa shape index (κ1) is 27.9. The molecule has 2 aromatic rings. The third-order valence-corrected chi connectivity index (χ3v) is 6.84. The fourth-order valence-electron chi connectivity index (χ4n) is 4.72. The van der Waals surface area contributed by atoms with Crippen LogP contribution in [0.3, 0.4) is 0 Å². The maximum atomic E-state index is 13.6. The van der Waals surface area contributed by atoms with Crippen molar-refractivity contribution < 1.29 is 19.1 Å². The van der Waals surface area contributed by atoms with Crippen LogP contribution in [0.15, 0.2) is 42.5 Å². The average Bonchev–Trinajstić information content (AvgIpc) is 3.38. The topological polar surface area (TPSA) is 67.9 Å². The van der Waals surface area contributed by atoms with Gasteiger partial charge in [0.05, 0.1) is 13.2 Å². The maximum Gasteiger partial charge on any atom is 0.243 e. The molecule has 196 valence electrons. The van der Waals surface area contributed by atoms with E-state index < -0.39 is 6.04 Å². The molecule has 1 atom stereocenters. The van der Waals surface area contributed by atoms with Crippen molar-refractivity contribution in [1.82, 2.24) is 10.2 Å². The number of rotatable bonds is 13. The summed E-state index contributed by atoms with van der Waals surface area (Å²) in [6.45, 7) is 7.28. The summed E-state index contributed by atoms with van der Waals surface area (Å²) in [5, 5.41) is 3.83. The van der Waals surface area contributed by atoms with E-state index in [-0.39, 0.29) is 17.9 Å². The van der Waals surface area contributed by atoms with E-state index in [1.165, 1.54) is 0 Å². The number of halogens is 1. The van der Waals surface area contributed by atoms with Gasteiger partial charge in [0.1, 0.15) is 6.04 Å². The SMILES string of the molecule is CCOc1ccc(CCC(=O)N(Cc2ccc(Cl)cc2)C(CC)C(=O)NC2CCCC2)cc1OCC. The Kier molecular flexibility index (Phi) is 10.9. The molecule has 1 aliphatic rings. The quantitative estimate of drug-likeness (QED) is 0.359. The molecular formula is C29H39ClN2O4. The smallest absolute Gasteiger partial charge is 0.243 e. The minimum atomic E-state index is -0.520. The Balaban J connectivity index is 1.76. The van der Waals surface area contributed by atoms with Gasteiger partial charge in [0.15, 0.2) is 11.5 Å². The molecule has 0 bridgehead atoms. The van der Waals surface area contributed by atoms with Crippen LogP contribution in [0.1, 0.15) is 70.4 Å². The first-order chi connectivity index (χ1) is 17.4. The number of carbonyl (C=O) groups is 2. The van der Waals surface area contributed by atoms with Gasteiger partial charge in [-0.25, -0.2) is 0 Å². The van der Waals surface area contributed by atoms with Crippen molar-refractivity contribution in [2.24, 2.45) is 0 Å². The molecule has 0 aromatic heterocycles. The lowest BCUT2D eigenvalue weighted by Crippen LogP contribution is -2.51. The number of hydrogen-bond donors (Lipinski definition) is 1. The third-order valence-electron chi connectivity index (χ3n) is 6.59. The van der Waals surface area contributed by atoms with E-state index in [2.05, 4.69) is 5.32 Å². The Labute approximate surface area is 220 Å². The van der Waals surface area contributed by atoms with Crippen molar-refractivity contribution in [3.05, 3.63) is 58.6 Å². The van der Waals surface area contributed by atoms with Crippen LogP contribution in [-0.4, -0.2) is 42.0 Å². The van der Waals surface area contributed by atoms with Gasteiger partial charge in [0, 0.05) is 24.0 Å². The summed E-state index contributed by atoms with van der Waals surface area (Å²) in [5.74, 6) is 1.27. The molecule has 1 aliphatic carbocycles. The summed E-state index contributed by atoms with van der Waals surface area (Å²) in [6.07, 6.45) is 5.68. The molecule has 1 N–H and O–H groups in total. The van der Waals surface area contributed by atoms with Crippen LogP contribution in [0.5, 0.6) is 11.5 Å². The van der Waals surface area contributed by atoms with Gasteiger partial charge in [-0.1, -0.05) is 49.6 Å². The van der Waals surface area contributed by atoms with E-state index in [0.29, 0.717) is 55.5 Å². The highest BCUT2D eigenvalue weighted by Crippen LogP contribution is 2.29. The summed E-state index contributed by atoms with van der Waals surface area (Å²) in [4.78, 5) is 28.6. The Morgan fingerprint density at radius 3 is 2.25 bits per heavy atom. The van der Waals surface area contributed by atoms with Gasteiger partial charge >= 0.3 is 0 Å². The van der Waals surface area contributed by atoms with Crippen LogP contribution < -0.4 is 14.8 Å². The average molecular weight is 515 g/mol. The van der Waals surface area contributed by atoms with Crippen LogP contribution >= 0.6 is 11.6 Å². The van der Waals surface area contributed by atoms with Crippen molar-refractivity contribution in [3.63, 3.8) is 0 Å². The molecule has 2 aromatic carbocycles. The van der Waals surface area contributed by atoms with Gasteiger partial charge in [-0.15, -0.1) is 0 Å². The van der Waals surface area contributed by atoms with Crippen molar-refractivity contribution in [2.75, 3.05) is 13.2 Å². The maximum absolute atomic E-state index is 13.6. The van der Waals surface area contributed by atoms with E-state index in [4.69, 9.17) is 21.1 Å². The minimum absolute atomic E-state index is 0.0507. The van der Waals surface area contributed by atoms with Gasteiger partial charge in [-0.3, -0.25) is 9.59 Å². The molecule has 0 spiro atoms. The summed E-state index contributed by atoms with van der Waals surface area (Å²) in [7, 11) is 0. The van der Waals surface area contributed by atoms with Crippen LogP contribution in [0.4, 0.5) is 0 Å². The van der Waals surface area contributed by atoms with E-state index in [9.17, 15) is 9.59 Å². The second-order valence-corrected chi connectivity index (χ2v) is 9.65. The third kappa shape index (κ3) is 7.89. The summed E-state index contributed by atoms with van der Waals surface area (Å²) in [6, 6.07) is 12.9. The molecule has 2 amide bonds. The fourth-order valence-corrected chi connectivity index (χ4v) is 4.85. The van der Waals surface area contributed by atoms with E-state index in [1.807, 2.05) is 63.2 Å². The highest BCUT2D eigenvalue weighted by molar-refractivity contribution is 6.30. The van der Waals surface area contributed by atoms with Gasteiger partial charge in [-0.05, 0) is 74.9 Å². The Bertz CT molecular complexity index is 989. The molecule has 1 fully saturated rings. The zero-order valence-electron chi connectivity index (χ0n) is 21.7. The van der Waals surface area contributed by atoms with Crippen molar-refractivity contribution in [2.45, 2.75) is 84.3 Å². The molecule has 1 saturated carbocycles. The lowest BCUT2D eigenvalue weighted by atomic mass is 10.1. The largest absolute Gasteiger partial charge is 0.490 e. The molecule has 7 heteroatoms. The van der Waals surface area contributed by atoms with E-state index in [1.54, 1.807) is 4.90 Å². The zero-order chi connectivity index (χ0) is 25.9. The predicted molar refractivity (Wildman–Crippen MR) is 144 cm³/mol. The van der Waals surface area contributed by atoms with Gasteiger partial charge in [0.2, 0.25) is 11.8 Å². The van der Waals surface area contributed by atoms with E-state index >= 15 is 0 Å². The molecule has 1 unspecified atom stereocenters. The van der Waals surface area contributed by atoms with Crippen molar-refractivity contribution in [1.29, 1.82) is 0 Å². The van der Waals surface area contributed by atoms with Crippen LogP contribution in [-0.2, 0) is 22.6 Å². The molecule has 3 rings (SSSR count). The molecule has 0 heterocycles. The molecular weight excluding hydrogens is 476 g/mol. The molecule has 0 radical (unpaired) electrons. The standard InChI is InChI=1S/C29H39ClN2O4/c1-4-25(29(34)31-24-9-7-8-10-24)32(20-22-11-15-23(30)16-12-22)28(33)18-14-21-13-17-26(35-5-2)27(19-21)36-6-3/h11-13,15-17,19,24-25H,4-10,14,18,20H2,1-3H3,(H,31,34).